The van der Waals surface area contributed by atoms with Gasteiger partial charge in [0.25, 0.3) is 5.91 Å². The van der Waals surface area contributed by atoms with Crippen molar-refractivity contribution in [2.24, 2.45) is 0 Å². The summed E-state index contributed by atoms with van der Waals surface area (Å²) in [5.41, 5.74) is 4.39. The fourth-order valence-electron chi connectivity index (χ4n) is 4.84. The van der Waals surface area contributed by atoms with E-state index in [0.717, 1.165) is 22.4 Å². The van der Waals surface area contributed by atoms with Crippen molar-refractivity contribution in [3.63, 3.8) is 0 Å². The molecule has 0 aliphatic carbocycles. The van der Waals surface area contributed by atoms with Crippen LogP contribution in [0.15, 0.2) is 41.3 Å². The molecule has 0 saturated carbocycles. The van der Waals surface area contributed by atoms with Gasteiger partial charge in [-0.1, -0.05) is 18.2 Å². The van der Waals surface area contributed by atoms with Crippen molar-refractivity contribution in [3.05, 3.63) is 58.7 Å². The van der Waals surface area contributed by atoms with Crippen LogP contribution >= 0.6 is 0 Å². The van der Waals surface area contributed by atoms with Gasteiger partial charge in [0.1, 0.15) is 0 Å². The Morgan fingerprint density at radius 3 is 2.29 bits per heavy atom. The zero-order chi connectivity index (χ0) is 21.8. The lowest BCUT2D eigenvalue weighted by atomic mass is 10.00. The van der Waals surface area contributed by atoms with E-state index in [1.165, 1.54) is 4.31 Å². The largest absolute Gasteiger partial charge is 0.336 e. The van der Waals surface area contributed by atoms with E-state index in [-0.39, 0.29) is 24.9 Å². The molecule has 8 heteroatoms. The molecule has 1 fully saturated rings. The van der Waals surface area contributed by atoms with Crippen LogP contribution in [0, 0.1) is 6.92 Å². The number of carbonyl (C=O) groups is 2. The Balaban J connectivity index is 1.35. The minimum absolute atomic E-state index is 0.0538. The van der Waals surface area contributed by atoms with Gasteiger partial charge in [0.05, 0.1) is 10.6 Å². The van der Waals surface area contributed by atoms with Crippen molar-refractivity contribution in [3.8, 4) is 0 Å². The third-order valence-corrected chi connectivity index (χ3v) is 8.44. The molecule has 3 aliphatic rings. The molecule has 3 aliphatic heterocycles. The molecule has 0 radical (unpaired) electrons. The maximum Gasteiger partial charge on any atom is 0.254 e. The van der Waals surface area contributed by atoms with Crippen LogP contribution in [0.1, 0.15) is 33.5 Å². The average molecular weight is 440 g/mol. The van der Waals surface area contributed by atoms with E-state index in [9.17, 15) is 18.0 Å². The fourth-order valence-corrected chi connectivity index (χ4v) is 6.36. The zero-order valence-electron chi connectivity index (χ0n) is 17.5. The number of piperazine rings is 1. The van der Waals surface area contributed by atoms with E-state index in [0.29, 0.717) is 49.4 Å². The van der Waals surface area contributed by atoms with Crippen molar-refractivity contribution in [1.29, 1.82) is 0 Å². The smallest absolute Gasteiger partial charge is 0.254 e. The lowest BCUT2D eigenvalue weighted by Gasteiger charge is -2.34. The molecule has 0 spiro atoms. The Labute approximate surface area is 182 Å². The number of hydrogen-bond acceptors (Lipinski definition) is 4. The molecule has 5 rings (SSSR count). The summed E-state index contributed by atoms with van der Waals surface area (Å²) < 4.78 is 28.2. The number of benzene rings is 2. The molecule has 0 N–H and O–H groups in total. The lowest BCUT2D eigenvalue weighted by molar-refractivity contribution is -0.118. The Morgan fingerprint density at radius 2 is 1.58 bits per heavy atom. The zero-order valence-corrected chi connectivity index (χ0v) is 18.3. The van der Waals surface area contributed by atoms with Crippen LogP contribution < -0.4 is 4.90 Å². The maximum atomic E-state index is 13.4. The first-order valence-electron chi connectivity index (χ1n) is 10.7. The minimum Gasteiger partial charge on any atom is -0.336 e. The molecule has 0 unspecified atom stereocenters. The quantitative estimate of drug-likeness (QED) is 0.733. The van der Waals surface area contributed by atoms with Gasteiger partial charge >= 0.3 is 0 Å². The summed E-state index contributed by atoms with van der Waals surface area (Å²) in [7, 11) is -3.65. The van der Waals surface area contributed by atoms with Crippen LogP contribution in [0.3, 0.4) is 0 Å². The Kier molecular flexibility index (Phi) is 4.86. The highest BCUT2D eigenvalue weighted by Crippen LogP contribution is 2.39. The van der Waals surface area contributed by atoms with Gasteiger partial charge in [-0.05, 0) is 54.7 Å². The molecule has 2 aromatic rings. The number of amides is 2. The molecular formula is C23H25N3O4S. The van der Waals surface area contributed by atoms with Crippen molar-refractivity contribution in [2.75, 3.05) is 37.6 Å². The van der Waals surface area contributed by atoms with E-state index in [4.69, 9.17) is 0 Å². The second-order valence-corrected chi connectivity index (χ2v) is 10.3. The maximum absolute atomic E-state index is 13.4. The molecule has 2 aromatic carbocycles. The standard InChI is InChI=1S/C23H25N3O4S/c1-16-4-2-3-5-20(16)23(28)24-10-12-25(13-11-24)31(29,30)19-14-17-6-7-21(27)26-9-8-18(15-19)22(17)26/h2-5,14-15H,6-13H2,1H3. The summed E-state index contributed by atoms with van der Waals surface area (Å²) in [5.74, 6) is 0.0677. The number of nitrogens with zero attached hydrogens (tertiary/aromatic N) is 3. The molecule has 7 nitrogen and oxygen atoms in total. The van der Waals surface area contributed by atoms with Gasteiger partial charge in [-0.15, -0.1) is 0 Å². The van der Waals surface area contributed by atoms with E-state index < -0.39 is 10.0 Å². The first-order chi connectivity index (χ1) is 14.9. The topological polar surface area (TPSA) is 78.0 Å². The van der Waals surface area contributed by atoms with E-state index >= 15 is 0 Å². The number of hydrogen-bond donors (Lipinski definition) is 0. The summed E-state index contributed by atoms with van der Waals surface area (Å²) in [5, 5.41) is 0. The average Bonchev–Trinajstić information content (AvgIpc) is 3.22. The molecule has 162 valence electrons. The molecule has 0 atom stereocenters. The second kappa shape index (κ2) is 7.46. The highest BCUT2D eigenvalue weighted by Gasteiger charge is 2.35. The van der Waals surface area contributed by atoms with E-state index in [1.807, 2.05) is 31.2 Å². The SMILES string of the molecule is Cc1ccccc1C(=O)N1CCN(S(=O)(=O)c2cc3c4c(c2)CCN4C(=O)CC3)CC1. The molecule has 31 heavy (non-hydrogen) atoms. The van der Waals surface area contributed by atoms with E-state index in [2.05, 4.69) is 0 Å². The predicted molar refractivity (Wildman–Crippen MR) is 117 cm³/mol. The van der Waals surface area contributed by atoms with Crippen LogP contribution in [0.2, 0.25) is 0 Å². The Morgan fingerprint density at radius 1 is 0.903 bits per heavy atom. The lowest BCUT2D eigenvalue weighted by Crippen LogP contribution is -2.50. The minimum atomic E-state index is -3.65. The van der Waals surface area contributed by atoms with Crippen molar-refractivity contribution in [2.45, 2.75) is 31.1 Å². The van der Waals surface area contributed by atoms with Crippen LogP contribution in [0.5, 0.6) is 0 Å². The van der Waals surface area contributed by atoms with Gasteiger partial charge in [-0.3, -0.25) is 9.59 Å². The third-order valence-electron chi connectivity index (χ3n) is 6.56. The molecule has 0 bridgehead atoms. The highest BCUT2D eigenvalue weighted by molar-refractivity contribution is 7.89. The van der Waals surface area contributed by atoms with Gasteiger partial charge in [0.2, 0.25) is 15.9 Å². The molecule has 2 amide bonds. The van der Waals surface area contributed by atoms with E-state index in [1.54, 1.807) is 21.9 Å². The summed E-state index contributed by atoms with van der Waals surface area (Å²) in [6, 6.07) is 10.9. The first-order valence-corrected chi connectivity index (χ1v) is 12.1. The number of rotatable bonds is 3. The van der Waals surface area contributed by atoms with Gasteiger partial charge in [-0.25, -0.2) is 8.42 Å². The van der Waals surface area contributed by atoms with Gasteiger partial charge in [-0.2, -0.15) is 4.31 Å². The number of sulfonamides is 1. The Hall–Kier alpha value is -2.71. The van der Waals surface area contributed by atoms with Crippen LogP contribution in [-0.2, 0) is 27.7 Å². The van der Waals surface area contributed by atoms with Crippen LogP contribution in [-0.4, -0.2) is 62.2 Å². The normalized spacial score (nSPS) is 18.9. The molecular weight excluding hydrogens is 414 g/mol. The van der Waals surface area contributed by atoms with Gasteiger partial charge in [0, 0.05) is 44.7 Å². The second-order valence-electron chi connectivity index (χ2n) is 8.40. The molecule has 0 aromatic heterocycles. The Bertz CT molecular complexity index is 1180. The molecule has 3 heterocycles. The first kappa shape index (κ1) is 20.2. The van der Waals surface area contributed by atoms with Crippen LogP contribution in [0.4, 0.5) is 5.69 Å². The third kappa shape index (κ3) is 3.34. The number of aryl methyl sites for hydroxylation is 2. The predicted octanol–water partition coefficient (Wildman–Crippen LogP) is 1.98. The summed E-state index contributed by atoms with van der Waals surface area (Å²) >= 11 is 0. The summed E-state index contributed by atoms with van der Waals surface area (Å²) in [4.78, 5) is 28.8. The van der Waals surface area contributed by atoms with Crippen molar-refractivity contribution < 1.29 is 18.0 Å². The summed E-state index contributed by atoms with van der Waals surface area (Å²) in [6.45, 7) is 3.82. The van der Waals surface area contributed by atoms with Crippen LogP contribution in [0.25, 0.3) is 0 Å². The molecule has 1 saturated heterocycles. The number of anilines is 1. The van der Waals surface area contributed by atoms with Gasteiger partial charge < -0.3 is 9.80 Å². The van der Waals surface area contributed by atoms with Crippen molar-refractivity contribution in [1.82, 2.24) is 9.21 Å². The van der Waals surface area contributed by atoms with Crippen molar-refractivity contribution >= 4 is 27.5 Å². The van der Waals surface area contributed by atoms with Gasteiger partial charge in [0.15, 0.2) is 0 Å². The fraction of sp³-hybridized carbons (Fsp3) is 0.391. The highest BCUT2D eigenvalue weighted by atomic mass is 32.2. The monoisotopic (exact) mass is 439 g/mol. The number of carbonyl (C=O) groups excluding carboxylic acids is 2. The summed E-state index contributed by atoms with van der Waals surface area (Å²) in [6.07, 6.45) is 1.70.